The highest BCUT2D eigenvalue weighted by Crippen LogP contribution is 2.41. The predicted molar refractivity (Wildman–Crippen MR) is 220 cm³/mol. The molecule has 244 valence electrons. The Kier molecular flexibility index (Phi) is 7.18. The smallest absolute Gasteiger partial charge is 0.137 e. The molecule has 0 unspecified atom stereocenters. The molecule has 0 N–H and O–H groups in total. The summed E-state index contributed by atoms with van der Waals surface area (Å²) >= 11 is 0. The SMILES string of the molecule is c1ccc(-c2ccc(N(c3ccc(-c4cccc5c4ccc4c(-c6ccccc6)cccc45)cc3)c3ccc4c(c3)oc3ccccc34)cc2)cc1. The second-order valence-electron chi connectivity index (χ2n) is 13.3. The van der Waals surface area contributed by atoms with Crippen molar-refractivity contribution in [3.8, 4) is 33.4 Å². The van der Waals surface area contributed by atoms with E-state index in [1.54, 1.807) is 0 Å². The number of furan rings is 1. The van der Waals surface area contributed by atoms with Gasteiger partial charge in [0.25, 0.3) is 0 Å². The van der Waals surface area contributed by atoms with Crippen LogP contribution in [0, 0.1) is 0 Å². The fourth-order valence-corrected chi connectivity index (χ4v) is 7.77. The van der Waals surface area contributed by atoms with Crippen LogP contribution in [0.15, 0.2) is 205 Å². The van der Waals surface area contributed by atoms with Gasteiger partial charge in [-0.25, -0.2) is 0 Å². The van der Waals surface area contributed by atoms with Gasteiger partial charge in [-0.2, -0.15) is 0 Å². The maximum atomic E-state index is 6.35. The minimum absolute atomic E-state index is 0.875. The maximum absolute atomic E-state index is 6.35. The normalized spacial score (nSPS) is 11.5. The van der Waals surface area contributed by atoms with E-state index in [0.717, 1.165) is 39.0 Å². The highest BCUT2D eigenvalue weighted by Gasteiger charge is 2.17. The van der Waals surface area contributed by atoms with Crippen molar-refractivity contribution in [1.29, 1.82) is 0 Å². The van der Waals surface area contributed by atoms with Gasteiger partial charge in [0.05, 0.1) is 0 Å². The highest BCUT2D eigenvalue weighted by molar-refractivity contribution is 6.15. The monoisotopic (exact) mass is 663 g/mol. The summed E-state index contributed by atoms with van der Waals surface area (Å²) in [7, 11) is 0. The number of hydrogen-bond donors (Lipinski definition) is 0. The first kappa shape index (κ1) is 30.0. The van der Waals surface area contributed by atoms with Crippen molar-refractivity contribution in [3.05, 3.63) is 200 Å². The Balaban J connectivity index is 1.07. The summed E-state index contributed by atoms with van der Waals surface area (Å²) in [4.78, 5) is 2.31. The van der Waals surface area contributed by atoms with Crippen LogP contribution in [0.5, 0.6) is 0 Å². The van der Waals surface area contributed by atoms with E-state index in [2.05, 4.69) is 193 Å². The lowest BCUT2D eigenvalue weighted by molar-refractivity contribution is 0.669. The zero-order valence-corrected chi connectivity index (χ0v) is 28.4. The third-order valence-corrected chi connectivity index (χ3v) is 10.3. The Labute approximate surface area is 302 Å². The van der Waals surface area contributed by atoms with Gasteiger partial charge in [-0.3, -0.25) is 0 Å². The van der Waals surface area contributed by atoms with E-state index in [1.165, 1.54) is 54.9 Å². The van der Waals surface area contributed by atoms with Gasteiger partial charge in [0, 0.05) is 33.9 Å². The number of fused-ring (bicyclic) bond motifs is 6. The van der Waals surface area contributed by atoms with Crippen molar-refractivity contribution in [2.75, 3.05) is 4.90 Å². The predicted octanol–water partition coefficient (Wildman–Crippen LogP) is 14.4. The number of para-hydroxylation sites is 1. The first-order valence-corrected chi connectivity index (χ1v) is 17.8. The first-order valence-electron chi connectivity index (χ1n) is 17.8. The minimum Gasteiger partial charge on any atom is -0.456 e. The molecule has 0 fully saturated rings. The van der Waals surface area contributed by atoms with Crippen LogP contribution in [0.25, 0.3) is 76.9 Å². The molecule has 2 heteroatoms. The van der Waals surface area contributed by atoms with Gasteiger partial charge >= 0.3 is 0 Å². The molecule has 0 aliphatic rings. The fraction of sp³-hybridized carbons (Fsp3) is 0. The molecule has 0 aliphatic heterocycles. The van der Waals surface area contributed by atoms with Crippen molar-refractivity contribution in [2.45, 2.75) is 0 Å². The molecule has 10 aromatic rings. The van der Waals surface area contributed by atoms with Crippen molar-refractivity contribution in [3.63, 3.8) is 0 Å². The lowest BCUT2D eigenvalue weighted by Crippen LogP contribution is -2.09. The topological polar surface area (TPSA) is 16.4 Å². The summed E-state index contributed by atoms with van der Waals surface area (Å²) in [5.41, 5.74) is 12.2. The lowest BCUT2D eigenvalue weighted by atomic mass is 9.91. The van der Waals surface area contributed by atoms with Crippen LogP contribution in [-0.4, -0.2) is 0 Å². The fourth-order valence-electron chi connectivity index (χ4n) is 7.77. The molecule has 9 aromatic carbocycles. The molecule has 1 aromatic heterocycles. The Morgan fingerprint density at radius 3 is 1.35 bits per heavy atom. The van der Waals surface area contributed by atoms with E-state index in [1.807, 2.05) is 12.1 Å². The van der Waals surface area contributed by atoms with Crippen LogP contribution < -0.4 is 4.90 Å². The van der Waals surface area contributed by atoms with Crippen LogP contribution >= 0.6 is 0 Å². The second-order valence-corrected chi connectivity index (χ2v) is 13.3. The average molecular weight is 664 g/mol. The number of benzene rings is 9. The van der Waals surface area contributed by atoms with E-state index in [0.29, 0.717) is 0 Å². The van der Waals surface area contributed by atoms with E-state index in [9.17, 15) is 0 Å². The summed E-state index contributed by atoms with van der Waals surface area (Å²) in [5.74, 6) is 0. The van der Waals surface area contributed by atoms with Gasteiger partial charge in [-0.15, -0.1) is 0 Å². The van der Waals surface area contributed by atoms with Crippen LogP contribution in [-0.2, 0) is 0 Å². The molecule has 0 radical (unpaired) electrons. The molecule has 0 bridgehead atoms. The van der Waals surface area contributed by atoms with E-state index in [-0.39, 0.29) is 0 Å². The van der Waals surface area contributed by atoms with Crippen LogP contribution in [0.2, 0.25) is 0 Å². The number of hydrogen-bond acceptors (Lipinski definition) is 2. The average Bonchev–Trinajstić information content (AvgIpc) is 3.60. The summed E-state index contributed by atoms with van der Waals surface area (Å²) in [6.07, 6.45) is 0. The van der Waals surface area contributed by atoms with Crippen LogP contribution in [0.3, 0.4) is 0 Å². The van der Waals surface area contributed by atoms with Gasteiger partial charge in [-0.05, 0) is 97.4 Å². The summed E-state index contributed by atoms with van der Waals surface area (Å²) in [6.45, 7) is 0. The van der Waals surface area contributed by atoms with E-state index < -0.39 is 0 Å². The maximum Gasteiger partial charge on any atom is 0.137 e. The molecule has 0 saturated heterocycles. The molecule has 0 amide bonds. The van der Waals surface area contributed by atoms with Crippen molar-refractivity contribution in [2.24, 2.45) is 0 Å². The molecule has 52 heavy (non-hydrogen) atoms. The van der Waals surface area contributed by atoms with E-state index in [4.69, 9.17) is 4.42 Å². The largest absolute Gasteiger partial charge is 0.456 e. The van der Waals surface area contributed by atoms with Crippen LogP contribution in [0.4, 0.5) is 17.1 Å². The zero-order valence-electron chi connectivity index (χ0n) is 28.4. The number of nitrogens with zero attached hydrogens (tertiary/aromatic N) is 1. The van der Waals surface area contributed by atoms with Gasteiger partial charge in [0.2, 0.25) is 0 Å². The standard InChI is InChI=1S/C50H33NO/c1-3-11-34(12-4-1)35-21-25-38(26-22-35)51(40-29-30-48-47-15-7-8-20-49(47)52-50(48)33-40)39-27-23-37(24-28-39)42-17-10-19-44-43-18-9-16-41(36-13-5-2-6-14-36)45(43)31-32-46(42)44/h1-33H. The molecule has 0 aliphatic carbocycles. The lowest BCUT2D eigenvalue weighted by Gasteiger charge is -2.26. The highest BCUT2D eigenvalue weighted by atomic mass is 16.3. The van der Waals surface area contributed by atoms with Gasteiger partial charge in [0.15, 0.2) is 0 Å². The van der Waals surface area contributed by atoms with Crippen molar-refractivity contribution >= 4 is 60.5 Å². The quantitative estimate of drug-likeness (QED) is 0.165. The molecule has 1 heterocycles. The molecule has 10 rings (SSSR count). The Bertz CT molecular complexity index is 2870. The molecule has 2 nitrogen and oxygen atoms in total. The third-order valence-electron chi connectivity index (χ3n) is 10.3. The summed E-state index contributed by atoms with van der Waals surface area (Å²) in [5, 5.41) is 7.29. The first-order chi connectivity index (χ1) is 25.8. The van der Waals surface area contributed by atoms with Gasteiger partial charge < -0.3 is 9.32 Å². The van der Waals surface area contributed by atoms with Crippen molar-refractivity contribution in [1.82, 2.24) is 0 Å². The third kappa shape index (κ3) is 5.12. The zero-order chi connectivity index (χ0) is 34.4. The molecule has 0 atom stereocenters. The van der Waals surface area contributed by atoms with Gasteiger partial charge in [0.1, 0.15) is 11.2 Å². The van der Waals surface area contributed by atoms with Crippen LogP contribution in [0.1, 0.15) is 0 Å². The number of anilines is 3. The Hall–Kier alpha value is -6.90. The van der Waals surface area contributed by atoms with Gasteiger partial charge in [-0.1, -0.05) is 152 Å². The molecular formula is C50H33NO. The number of rotatable bonds is 6. The molecule has 0 saturated carbocycles. The molecular weight excluding hydrogens is 631 g/mol. The molecule has 0 spiro atoms. The Morgan fingerprint density at radius 2 is 0.712 bits per heavy atom. The minimum atomic E-state index is 0.875. The van der Waals surface area contributed by atoms with E-state index >= 15 is 0 Å². The summed E-state index contributed by atoms with van der Waals surface area (Å²) < 4.78 is 6.35. The van der Waals surface area contributed by atoms with Crippen molar-refractivity contribution < 1.29 is 4.42 Å². The summed E-state index contributed by atoms with van der Waals surface area (Å²) in [6, 6.07) is 71.6. The second kappa shape index (κ2) is 12.5. The Morgan fingerprint density at radius 1 is 0.269 bits per heavy atom.